The van der Waals surface area contributed by atoms with Crippen LogP contribution in [0.25, 0.3) is 28.0 Å². The Kier molecular flexibility index (Phi) is 5.95. The van der Waals surface area contributed by atoms with Gasteiger partial charge >= 0.3 is 0 Å². The molecule has 1 saturated heterocycles. The minimum Gasteiger partial charge on any atom is -0.353 e. The Balaban J connectivity index is 1.35. The van der Waals surface area contributed by atoms with E-state index in [4.69, 9.17) is 14.5 Å². The van der Waals surface area contributed by atoms with Gasteiger partial charge in [0, 0.05) is 37.2 Å². The van der Waals surface area contributed by atoms with Crippen molar-refractivity contribution in [2.24, 2.45) is 13.0 Å². The van der Waals surface area contributed by atoms with Gasteiger partial charge in [0.25, 0.3) is 0 Å². The van der Waals surface area contributed by atoms with Gasteiger partial charge in [0.05, 0.1) is 77.8 Å². The SMILES string of the molecule is Cn1cc(-c2cn3nccc3c(-c3cnn(C4(CC#N)CC(C#N)C4)c3)n2)c(COC2CCCCO2)n1. The van der Waals surface area contributed by atoms with Crippen LogP contribution in [0, 0.1) is 28.6 Å². The molecule has 11 heteroatoms. The minimum atomic E-state index is -0.448. The number of aromatic nitrogens is 7. The first-order valence-electron chi connectivity index (χ1n) is 12.5. The summed E-state index contributed by atoms with van der Waals surface area (Å²) >= 11 is 0. The lowest BCUT2D eigenvalue weighted by atomic mass is 9.67. The molecule has 0 bridgehead atoms. The lowest BCUT2D eigenvalue weighted by Gasteiger charge is -2.43. The van der Waals surface area contributed by atoms with Crippen LogP contribution in [0.1, 0.15) is 44.2 Å². The smallest absolute Gasteiger partial charge is 0.158 e. The lowest BCUT2D eigenvalue weighted by Crippen LogP contribution is -2.46. The number of aryl methyl sites for hydroxylation is 1. The average molecular weight is 498 g/mol. The van der Waals surface area contributed by atoms with Crippen LogP contribution >= 0.6 is 0 Å². The van der Waals surface area contributed by atoms with E-state index in [1.165, 1.54) is 0 Å². The van der Waals surface area contributed by atoms with Crippen LogP contribution in [0.2, 0.25) is 0 Å². The number of hydrogen-bond donors (Lipinski definition) is 0. The summed E-state index contributed by atoms with van der Waals surface area (Å²) in [4.78, 5) is 5.03. The molecule has 4 aromatic rings. The molecular formula is C26H27N9O2. The molecule has 0 radical (unpaired) electrons. The summed E-state index contributed by atoms with van der Waals surface area (Å²) in [5.41, 5.74) is 4.31. The van der Waals surface area contributed by atoms with Crippen LogP contribution in [0.3, 0.4) is 0 Å². The summed E-state index contributed by atoms with van der Waals surface area (Å²) in [5, 5.41) is 32.4. The molecular weight excluding hydrogens is 470 g/mol. The number of nitrogens with zero attached hydrogens (tertiary/aromatic N) is 9. The molecule has 11 nitrogen and oxygen atoms in total. The fraction of sp³-hybridized carbons (Fsp3) is 0.462. The Bertz CT molecular complexity index is 1510. The fourth-order valence-corrected chi connectivity index (χ4v) is 5.35. The highest BCUT2D eigenvalue weighted by Gasteiger charge is 2.46. The number of fused-ring (bicyclic) bond motifs is 1. The van der Waals surface area contributed by atoms with Crippen LogP contribution in [0.4, 0.5) is 0 Å². The number of rotatable bonds is 7. The third-order valence-corrected chi connectivity index (χ3v) is 7.30. The van der Waals surface area contributed by atoms with Crippen molar-refractivity contribution in [3.63, 3.8) is 0 Å². The molecule has 2 fully saturated rings. The molecule has 1 unspecified atom stereocenters. The summed E-state index contributed by atoms with van der Waals surface area (Å²) < 4.78 is 17.1. The highest BCUT2D eigenvalue weighted by Crippen LogP contribution is 2.46. The Morgan fingerprint density at radius 2 is 2.08 bits per heavy atom. The van der Waals surface area contributed by atoms with Gasteiger partial charge in [-0.3, -0.25) is 9.36 Å². The van der Waals surface area contributed by atoms with Gasteiger partial charge in [0.15, 0.2) is 6.29 Å². The van der Waals surface area contributed by atoms with Crippen molar-refractivity contribution in [1.82, 2.24) is 34.2 Å². The second-order valence-corrected chi connectivity index (χ2v) is 9.87. The molecule has 5 heterocycles. The molecule has 0 amide bonds. The third-order valence-electron chi connectivity index (χ3n) is 7.30. The molecule has 37 heavy (non-hydrogen) atoms. The monoisotopic (exact) mass is 497 g/mol. The van der Waals surface area contributed by atoms with Crippen LogP contribution in [0.15, 0.2) is 37.1 Å². The van der Waals surface area contributed by atoms with Gasteiger partial charge in [0.2, 0.25) is 0 Å². The van der Waals surface area contributed by atoms with Gasteiger partial charge < -0.3 is 9.47 Å². The average Bonchev–Trinajstić information content (AvgIpc) is 3.64. The summed E-state index contributed by atoms with van der Waals surface area (Å²) in [6.45, 7) is 1.05. The third kappa shape index (κ3) is 4.26. The fourth-order valence-electron chi connectivity index (χ4n) is 5.35. The minimum absolute atomic E-state index is 0.0470. The van der Waals surface area contributed by atoms with E-state index >= 15 is 0 Å². The summed E-state index contributed by atoms with van der Waals surface area (Å²) in [5.74, 6) is -0.0470. The Morgan fingerprint density at radius 3 is 2.86 bits per heavy atom. The van der Waals surface area contributed by atoms with Crippen molar-refractivity contribution >= 4 is 5.52 Å². The first kappa shape index (κ1) is 23.3. The molecule has 1 aliphatic carbocycles. The standard InChI is InChI=1S/C26H27N9O2/c1-33-15-20(22(32-33)17-37-24-4-2-3-9-36-24)21-16-34-23(5-8-29-34)25(31-21)19-13-30-35(14-19)26(6-7-27)10-18(11-26)12-28/h5,8,13-16,18,24H,2-4,6,9-11,17H2,1H3. The maximum atomic E-state index is 9.42. The molecule has 4 aromatic heterocycles. The molecule has 1 aliphatic heterocycles. The van der Waals surface area contributed by atoms with Crippen LogP contribution < -0.4 is 0 Å². The topological polar surface area (TPSA) is 132 Å². The van der Waals surface area contributed by atoms with Crippen molar-refractivity contribution < 1.29 is 9.47 Å². The summed E-state index contributed by atoms with van der Waals surface area (Å²) in [6.07, 6.45) is 13.7. The normalized spacial score (nSPS) is 23.4. The maximum Gasteiger partial charge on any atom is 0.158 e. The Labute approximate surface area is 213 Å². The van der Waals surface area contributed by atoms with E-state index < -0.39 is 5.54 Å². The molecule has 0 aromatic carbocycles. The Morgan fingerprint density at radius 1 is 1.19 bits per heavy atom. The van der Waals surface area contributed by atoms with E-state index in [1.54, 1.807) is 21.6 Å². The summed E-state index contributed by atoms with van der Waals surface area (Å²) in [6, 6.07) is 6.49. The van der Waals surface area contributed by atoms with Gasteiger partial charge in [-0.05, 0) is 38.2 Å². The largest absolute Gasteiger partial charge is 0.353 e. The zero-order valence-electron chi connectivity index (χ0n) is 20.6. The molecule has 1 atom stereocenters. The van der Waals surface area contributed by atoms with Crippen molar-refractivity contribution in [3.05, 3.63) is 42.7 Å². The first-order valence-corrected chi connectivity index (χ1v) is 12.5. The number of hydrogen-bond acceptors (Lipinski definition) is 8. The van der Waals surface area contributed by atoms with Crippen LogP contribution in [-0.2, 0) is 28.7 Å². The van der Waals surface area contributed by atoms with Crippen molar-refractivity contribution in [1.29, 1.82) is 10.5 Å². The van der Waals surface area contributed by atoms with Gasteiger partial charge in [-0.15, -0.1) is 0 Å². The van der Waals surface area contributed by atoms with Crippen molar-refractivity contribution in [2.75, 3.05) is 6.61 Å². The van der Waals surface area contributed by atoms with E-state index in [9.17, 15) is 10.5 Å². The molecule has 1 saturated carbocycles. The predicted molar refractivity (Wildman–Crippen MR) is 131 cm³/mol. The predicted octanol–water partition coefficient (Wildman–Crippen LogP) is 3.58. The maximum absolute atomic E-state index is 9.42. The number of nitriles is 2. The van der Waals surface area contributed by atoms with Crippen LogP contribution in [0.5, 0.6) is 0 Å². The van der Waals surface area contributed by atoms with Gasteiger partial charge in [0.1, 0.15) is 0 Å². The zero-order chi connectivity index (χ0) is 25.4. The first-order chi connectivity index (χ1) is 18.1. The van der Waals surface area contributed by atoms with E-state index in [2.05, 4.69) is 27.4 Å². The highest BCUT2D eigenvalue weighted by molar-refractivity contribution is 5.78. The van der Waals surface area contributed by atoms with Gasteiger partial charge in [-0.1, -0.05) is 0 Å². The second-order valence-electron chi connectivity index (χ2n) is 9.87. The van der Waals surface area contributed by atoms with Crippen molar-refractivity contribution in [3.8, 4) is 34.7 Å². The molecule has 188 valence electrons. The molecule has 0 spiro atoms. The number of ether oxygens (including phenoxy) is 2. The molecule has 6 rings (SSSR count). The highest BCUT2D eigenvalue weighted by atomic mass is 16.7. The van der Waals surface area contributed by atoms with Crippen LogP contribution in [-0.4, -0.2) is 47.1 Å². The zero-order valence-corrected chi connectivity index (χ0v) is 20.6. The van der Waals surface area contributed by atoms with E-state index in [0.717, 1.165) is 59.6 Å². The molecule has 0 N–H and O–H groups in total. The second kappa shape index (κ2) is 9.43. The van der Waals surface area contributed by atoms with Crippen molar-refractivity contribution in [2.45, 2.75) is 57.0 Å². The van der Waals surface area contributed by atoms with Gasteiger partial charge in [-0.2, -0.15) is 25.8 Å². The lowest BCUT2D eigenvalue weighted by molar-refractivity contribution is -0.169. The Hall–Kier alpha value is -4.06. The quantitative estimate of drug-likeness (QED) is 0.378. The van der Waals surface area contributed by atoms with E-state index in [-0.39, 0.29) is 12.2 Å². The summed E-state index contributed by atoms with van der Waals surface area (Å²) in [7, 11) is 1.88. The molecule has 2 aliphatic rings. The van der Waals surface area contributed by atoms with E-state index in [0.29, 0.717) is 25.9 Å². The van der Waals surface area contributed by atoms with E-state index in [1.807, 2.05) is 36.4 Å². The van der Waals surface area contributed by atoms with Gasteiger partial charge in [-0.25, -0.2) is 9.50 Å².